The molecule has 19 heavy (non-hydrogen) atoms. The number of rotatable bonds is 4. The second-order valence-corrected chi connectivity index (χ2v) is 5.60. The standard InChI is InChI=1S/C15H21N3O/c19-11-18-9-3-6-14(18)12-7-8-15(16-10-12)17-13-4-1-2-5-13/h7-8,10-11,13-14H,1-6,9H2,(H,16,17)/t14-/m0/s1. The summed E-state index contributed by atoms with van der Waals surface area (Å²) in [5, 5.41) is 3.49. The molecule has 0 radical (unpaired) electrons. The Morgan fingerprint density at radius 1 is 1.21 bits per heavy atom. The Balaban J connectivity index is 1.66. The fourth-order valence-corrected chi connectivity index (χ4v) is 3.24. The minimum absolute atomic E-state index is 0.227. The zero-order chi connectivity index (χ0) is 13.1. The van der Waals surface area contributed by atoms with Crippen LogP contribution in [0.2, 0.25) is 0 Å². The van der Waals surface area contributed by atoms with Crippen LogP contribution in [0.25, 0.3) is 0 Å². The summed E-state index contributed by atoms with van der Waals surface area (Å²) < 4.78 is 0. The molecule has 1 atom stereocenters. The van der Waals surface area contributed by atoms with Gasteiger partial charge in [0.25, 0.3) is 0 Å². The third-order valence-electron chi connectivity index (χ3n) is 4.31. The summed E-state index contributed by atoms with van der Waals surface area (Å²) in [6.07, 6.45) is 10.2. The van der Waals surface area contributed by atoms with Gasteiger partial charge in [-0.25, -0.2) is 4.98 Å². The van der Waals surface area contributed by atoms with Crippen molar-refractivity contribution in [2.75, 3.05) is 11.9 Å². The van der Waals surface area contributed by atoms with Gasteiger partial charge < -0.3 is 10.2 Å². The van der Waals surface area contributed by atoms with Crippen molar-refractivity contribution in [1.29, 1.82) is 0 Å². The number of carbonyl (C=O) groups excluding carboxylic acids is 1. The van der Waals surface area contributed by atoms with Gasteiger partial charge in [-0.1, -0.05) is 18.9 Å². The predicted octanol–water partition coefficient (Wildman–Crippen LogP) is 2.73. The van der Waals surface area contributed by atoms with E-state index in [1.807, 2.05) is 11.1 Å². The molecule has 1 aliphatic heterocycles. The van der Waals surface area contributed by atoms with Gasteiger partial charge in [0.1, 0.15) is 5.82 Å². The van der Waals surface area contributed by atoms with Gasteiger partial charge >= 0.3 is 0 Å². The summed E-state index contributed by atoms with van der Waals surface area (Å²) in [6, 6.07) is 4.98. The monoisotopic (exact) mass is 259 g/mol. The molecule has 3 rings (SSSR count). The number of likely N-dealkylation sites (tertiary alicyclic amines) is 1. The lowest BCUT2D eigenvalue weighted by atomic mass is 10.1. The van der Waals surface area contributed by atoms with Crippen LogP contribution in [0.4, 0.5) is 5.82 Å². The highest BCUT2D eigenvalue weighted by molar-refractivity contribution is 5.50. The van der Waals surface area contributed by atoms with Gasteiger partial charge in [0.05, 0.1) is 6.04 Å². The summed E-state index contributed by atoms with van der Waals surface area (Å²) in [6.45, 7) is 0.871. The maximum Gasteiger partial charge on any atom is 0.210 e. The van der Waals surface area contributed by atoms with Crippen LogP contribution in [0.1, 0.15) is 50.1 Å². The van der Waals surface area contributed by atoms with Crippen LogP contribution in [-0.4, -0.2) is 28.9 Å². The Labute approximate surface area is 114 Å². The predicted molar refractivity (Wildman–Crippen MR) is 74.9 cm³/mol. The Hall–Kier alpha value is -1.58. The lowest BCUT2D eigenvalue weighted by molar-refractivity contribution is -0.118. The van der Waals surface area contributed by atoms with Crippen molar-refractivity contribution in [3.8, 4) is 0 Å². The first kappa shape index (κ1) is 12.5. The molecule has 1 aliphatic carbocycles. The summed E-state index contributed by atoms with van der Waals surface area (Å²) in [7, 11) is 0. The molecule has 0 aromatic carbocycles. The number of anilines is 1. The molecule has 0 bridgehead atoms. The van der Waals surface area contributed by atoms with Crippen LogP contribution < -0.4 is 5.32 Å². The van der Waals surface area contributed by atoms with Crippen LogP contribution in [-0.2, 0) is 4.79 Å². The van der Waals surface area contributed by atoms with E-state index in [2.05, 4.69) is 22.4 Å². The Morgan fingerprint density at radius 3 is 2.74 bits per heavy atom. The van der Waals surface area contributed by atoms with E-state index < -0.39 is 0 Å². The summed E-state index contributed by atoms with van der Waals surface area (Å²) in [4.78, 5) is 17.4. The van der Waals surface area contributed by atoms with Crippen LogP contribution in [0, 0.1) is 0 Å². The van der Waals surface area contributed by atoms with E-state index in [0.29, 0.717) is 6.04 Å². The first-order valence-corrected chi connectivity index (χ1v) is 7.30. The molecule has 0 spiro atoms. The van der Waals surface area contributed by atoms with Gasteiger partial charge in [-0.15, -0.1) is 0 Å². The second kappa shape index (κ2) is 5.59. The second-order valence-electron chi connectivity index (χ2n) is 5.60. The van der Waals surface area contributed by atoms with Gasteiger partial charge in [0, 0.05) is 18.8 Å². The number of hydrogen-bond acceptors (Lipinski definition) is 3. The Morgan fingerprint density at radius 2 is 2.05 bits per heavy atom. The smallest absolute Gasteiger partial charge is 0.210 e. The molecule has 1 N–H and O–H groups in total. The number of pyridine rings is 1. The molecule has 1 aromatic heterocycles. The average Bonchev–Trinajstić information content (AvgIpc) is 3.10. The number of aromatic nitrogens is 1. The highest BCUT2D eigenvalue weighted by atomic mass is 16.1. The van der Waals surface area contributed by atoms with Crippen molar-refractivity contribution in [2.45, 2.75) is 50.6 Å². The van der Waals surface area contributed by atoms with Gasteiger partial charge in [-0.05, 0) is 37.3 Å². The quantitative estimate of drug-likeness (QED) is 0.846. The molecule has 102 valence electrons. The van der Waals surface area contributed by atoms with Gasteiger partial charge in [-0.3, -0.25) is 4.79 Å². The van der Waals surface area contributed by atoms with Crippen molar-refractivity contribution in [3.05, 3.63) is 23.9 Å². The Bertz CT molecular complexity index is 426. The summed E-state index contributed by atoms with van der Waals surface area (Å²) in [5.41, 5.74) is 1.15. The first-order chi connectivity index (χ1) is 9.36. The molecule has 2 fully saturated rings. The SMILES string of the molecule is O=CN1CCC[C@H]1c1ccc(NC2CCCC2)nc1. The lowest BCUT2D eigenvalue weighted by Crippen LogP contribution is -2.21. The van der Waals surface area contributed by atoms with E-state index in [-0.39, 0.29) is 6.04 Å². The van der Waals surface area contributed by atoms with Crippen molar-refractivity contribution in [2.24, 2.45) is 0 Å². The van der Waals surface area contributed by atoms with Crippen LogP contribution in [0.5, 0.6) is 0 Å². The van der Waals surface area contributed by atoms with Crippen LogP contribution >= 0.6 is 0 Å². The molecule has 1 aromatic rings. The third-order valence-corrected chi connectivity index (χ3v) is 4.31. The maximum absolute atomic E-state index is 11.0. The van der Waals surface area contributed by atoms with Crippen LogP contribution in [0.15, 0.2) is 18.3 Å². The molecule has 0 unspecified atom stereocenters. The van der Waals surface area contributed by atoms with Crippen molar-refractivity contribution < 1.29 is 4.79 Å². The highest BCUT2D eigenvalue weighted by Crippen LogP contribution is 2.30. The fourth-order valence-electron chi connectivity index (χ4n) is 3.24. The first-order valence-electron chi connectivity index (χ1n) is 7.30. The minimum atomic E-state index is 0.227. The Kier molecular flexibility index (Phi) is 3.67. The molecular weight excluding hydrogens is 238 g/mol. The van der Waals surface area contributed by atoms with E-state index >= 15 is 0 Å². The van der Waals surface area contributed by atoms with E-state index in [1.54, 1.807) is 0 Å². The lowest BCUT2D eigenvalue weighted by Gasteiger charge is -2.20. The number of hydrogen-bond donors (Lipinski definition) is 1. The number of nitrogens with one attached hydrogen (secondary N) is 1. The topological polar surface area (TPSA) is 45.2 Å². The summed E-state index contributed by atoms with van der Waals surface area (Å²) >= 11 is 0. The zero-order valence-corrected chi connectivity index (χ0v) is 11.2. The maximum atomic E-state index is 11.0. The largest absolute Gasteiger partial charge is 0.367 e. The highest BCUT2D eigenvalue weighted by Gasteiger charge is 2.24. The molecule has 2 heterocycles. The third kappa shape index (κ3) is 2.72. The van der Waals surface area contributed by atoms with E-state index in [9.17, 15) is 4.79 Å². The molecule has 2 aliphatic rings. The average molecular weight is 259 g/mol. The van der Waals surface area contributed by atoms with Gasteiger partial charge in [0.2, 0.25) is 6.41 Å². The molecule has 4 nitrogen and oxygen atoms in total. The minimum Gasteiger partial charge on any atom is -0.367 e. The number of amides is 1. The van der Waals surface area contributed by atoms with Crippen molar-refractivity contribution in [1.82, 2.24) is 9.88 Å². The summed E-state index contributed by atoms with van der Waals surface area (Å²) in [5.74, 6) is 0.964. The van der Waals surface area contributed by atoms with E-state index in [4.69, 9.17) is 0 Å². The zero-order valence-electron chi connectivity index (χ0n) is 11.2. The molecular formula is C15H21N3O. The number of carbonyl (C=O) groups is 1. The number of nitrogens with zero attached hydrogens (tertiary/aromatic N) is 2. The normalized spacial score (nSPS) is 23.8. The molecule has 1 saturated carbocycles. The molecule has 1 amide bonds. The molecule has 1 saturated heterocycles. The van der Waals surface area contributed by atoms with Crippen LogP contribution in [0.3, 0.4) is 0 Å². The van der Waals surface area contributed by atoms with Crippen molar-refractivity contribution >= 4 is 12.2 Å². The van der Waals surface area contributed by atoms with E-state index in [0.717, 1.165) is 37.2 Å². The van der Waals surface area contributed by atoms with E-state index in [1.165, 1.54) is 25.7 Å². The van der Waals surface area contributed by atoms with Crippen molar-refractivity contribution in [3.63, 3.8) is 0 Å². The fraction of sp³-hybridized carbons (Fsp3) is 0.600. The van der Waals surface area contributed by atoms with Gasteiger partial charge in [-0.2, -0.15) is 0 Å². The van der Waals surface area contributed by atoms with Gasteiger partial charge in [0.15, 0.2) is 0 Å². The molecule has 4 heteroatoms.